The van der Waals surface area contributed by atoms with Crippen LogP contribution in [0, 0.1) is 11.8 Å². The number of amides is 8. The number of piperidine rings is 2. The Kier molecular flexibility index (Phi) is 36.7. The third kappa shape index (κ3) is 29.8. The Bertz CT molecular complexity index is 2920. The number of aliphatic hydroxyl groups is 4. The number of nitrogens with two attached hydrogens (primary N) is 1. The smallest absolute Gasteiger partial charge is 0.317 e. The van der Waals surface area contributed by atoms with Crippen LogP contribution in [0.3, 0.4) is 0 Å². The van der Waals surface area contributed by atoms with E-state index in [1.807, 2.05) is 43.9 Å². The highest BCUT2D eigenvalue weighted by Crippen LogP contribution is 2.27. The fraction of sp³-hybridized carbons (Fsp3) is 0.742. The molecule has 2 bridgehead atoms. The van der Waals surface area contributed by atoms with Crippen molar-refractivity contribution in [2.75, 3.05) is 142 Å². The summed E-state index contributed by atoms with van der Waals surface area (Å²) in [6, 6.07) is 1.72. The molecule has 0 aromatic carbocycles. The van der Waals surface area contributed by atoms with Crippen molar-refractivity contribution in [3.63, 3.8) is 0 Å². The van der Waals surface area contributed by atoms with Crippen molar-refractivity contribution < 1.29 is 93.3 Å². The van der Waals surface area contributed by atoms with Gasteiger partial charge in [-0.25, -0.2) is 0 Å². The van der Waals surface area contributed by atoms with Crippen molar-refractivity contribution in [3.8, 4) is 0 Å². The van der Waals surface area contributed by atoms with Crippen molar-refractivity contribution in [1.29, 1.82) is 0 Å². The van der Waals surface area contributed by atoms with E-state index in [1.165, 1.54) is 23.5 Å². The van der Waals surface area contributed by atoms with E-state index in [-0.39, 0.29) is 180 Å². The van der Waals surface area contributed by atoms with E-state index in [1.54, 1.807) is 31.4 Å². The Morgan fingerprint density at radius 3 is 1.77 bits per heavy atom. The Morgan fingerprint density at radius 1 is 0.706 bits per heavy atom. The van der Waals surface area contributed by atoms with Crippen LogP contribution in [0.15, 0.2) is 18.2 Å². The Labute approximate surface area is 603 Å². The van der Waals surface area contributed by atoms with Gasteiger partial charge in [-0.15, -0.1) is 0 Å². The summed E-state index contributed by atoms with van der Waals surface area (Å²) in [6.45, 7) is 7.51. The maximum absolute atomic E-state index is 15.1. The van der Waals surface area contributed by atoms with Crippen LogP contribution in [-0.4, -0.2) is 338 Å². The normalized spacial score (nSPS) is 23.2. The van der Waals surface area contributed by atoms with Crippen LogP contribution in [0.1, 0.15) is 103 Å². The molecule has 1 aromatic heterocycles. The van der Waals surface area contributed by atoms with Gasteiger partial charge >= 0.3 is 17.9 Å². The first-order valence-corrected chi connectivity index (χ1v) is 37.4. The van der Waals surface area contributed by atoms with Gasteiger partial charge in [0.15, 0.2) is 0 Å². The predicted molar refractivity (Wildman–Crippen MR) is 377 cm³/mol. The fourth-order valence-corrected chi connectivity index (χ4v) is 14.4. The first-order valence-electron chi connectivity index (χ1n) is 35.0. The van der Waals surface area contributed by atoms with E-state index in [4.69, 9.17) is 15.8 Å². The number of primary amides is 1. The van der Waals surface area contributed by atoms with E-state index in [0.29, 0.717) is 61.6 Å². The molecule has 8 amide bonds. The van der Waals surface area contributed by atoms with Crippen molar-refractivity contribution >= 4 is 95.0 Å². The Morgan fingerprint density at radius 2 is 1.25 bits per heavy atom. The predicted octanol–water partition coefficient (Wildman–Crippen LogP) is -4.59. The average Bonchev–Trinajstić information content (AvgIpc) is 0.795. The summed E-state index contributed by atoms with van der Waals surface area (Å²) in [5.74, 6) is -7.48. The number of aliphatic hydroxyl groups excluding tert-OH is 4. The fourth-order valence-electron chi connectivity index (χ4n) is 12.4. The van der Waals surface area contributed by atoms with Gasteiger partial charge in [0.1, 0.15) is 47.7 Å². The third-order valence-corrected chi connectivity index (χ3v) is 21.0. The van der Waals surface area contributed by atoms with Gasteiger partial charge in [-0.2, -0.15) is 23.5 Å². The summed E-state index contributed by atoms with van der Waals surface area (Å²) in [5.41, 5.74) is 3.84. The van der Waals surface area contributed by atoms with Gasteiger partial charge in [0.2, 0.25) is 47.3 Å². The van der Waals surface area contributed by atoms with Crippen molar-refractivity contribution in [1.82, 2.24) is 71.6 Å². The largest absolute Gasteiger partial charge is 0.480 e. The number of aldehydes is 1. The van der Waals surface area contributed by atoms with Gasteiger partial charge in [-0.05, 0) is 68.9 Å². The number of thioether (sulfide) groups is 2. The molecule has 4 aliphatic heterocycles. The number of aliphatic carboxylic acids is 3. The molecule has 5 heterocycles. The zero-order valence-electron chi connectivity index (χ0n) is 59.1. The molecule has 0 unspecified atom stereocenters. The second-order valence-electron chi connectivity index (χ2n) is 27.4. The minimum Gasteiger partial charge on any atom is -0.480 e. The number of hydrogen-bond acceptors (Lipinski definition) is 25. The zero-order chi connectivity index (χ0) is 75.1. The number of carboxylic acids is 3. The summed E-state index contributed by atoms with van der Waals surface area (Å²) in [4.78, 5) is 176. The molecule has 102 heavy (non-hydrogen) atoms. The molecular weight excluding hydrogens is 1370 g/mol. The lowest BCUT2D eigenvalue weighted by Gasteiger charge is -2.42. The number of pyridine rings is 1. The van der Waals surface area contributed by atoms with Crippen LogP contribution in [0.25, 0.3) is 0 Å². The number of carbonyl (C=O) groups is 12. The van der Waals surface area contributed by atoms with E-state index >= 15 is 4.79 Å². The van der Waals surface area contributed by atoms with Crippen LogP contribution in [0.5, 0.6) is 0 Å². The topological polar surface area (TPSA) is 489 Å². The highest BCUT2D eigenvalue weighted by atomic mass is 32.2. The molecule has 1 aromatic rings. The highest BCUT2D eigenvalue weighted by molar-refractivity contribution is 7.98. The van der Waals surface area contributed by atoms with Gasteiger partial charge in [-0.3, -0.25) is 82.2 Å². The van der Waals surface area contributed by atoms with Gasteiger partial charge in [0.25, 0.3) is 0 Å². The Hall–Kier alpha value is -6.71. The quantitative estimate of drug-likeness (QED) is 0.0336. The standard InChI is InChI=1S/C66H109N15O19S2/c1-5-44(4)59-63(99)75-65(41-83,40-69-45-12-18-76(19-13-45)32-54(88)71-48(61(67)97)9-10-52(86)68-17-11-50(84)60(96)51(85)37-82)42-102-39-47-8-6-7-46(70-47)38-101-30-14-53(87)74-66(64(100)72-49(31-43(2)3)62(98)73-59)15-20-81(21-16-66)55(89)33-77-22-24-78(34-56(90)91)26-28-80(36-58(94)95)29-27-79(25-23-77)35-57(92)93/h6-8,41,43-45,48-51,59-60,69,82,84-85,96H,5,9-40,42H2,1-4H3,(H2,67,97)(H,68,86)(H,71,88)(H,72,100)(H,73,98)(H,74,87)(H,75,99)(H,90,91)(H,92,93)(H,94,95)/t44-,48+,49-,50+,51+,59-,60-,65-/m0/s1. The molecule has 0 aliphatic carbocycles. The van der Waals surface area contributed by atoms with Crippen LogP contribution in [-0.2, 0) is 69.0 Å². The number of likely N-dealkylation sites (tertiary alicyclic amines) is 2. The molecule has 16 N–H and O–H groups in total. The first kappa shape index (κ1) is 85.9. The molecule has 0 saturated carbocycles. The second-order valence-corrected chi connectivity index (χ2v) is 29.5. The zero-order valence-corrected chi connectivity index (χ0v) is 60.7. The van der Waals surface area contributed by atoms with Gasteiger partial charge < -0.3 is 88.4 Å². The van der Waals surface area contributed by atoms with Crippen LogP contribution in [0.4, 0.5) is 0 Å². The van der Waals surface area contributed by atoms with Crippen molar-refractivity contribution in [2.24, 2.45) is 17.6 Å². The molecular formula is C66H109N15O19S2. The van der Waals surface area contributed by atoms with Crippen LogP contribution in [0.2, 0.25) is 0 Å². The average molecular weight is 1480 g/mol. The number of rotatable bonds is 29. The third-order valence-electron chi connectivity index (χ3n) is 18.8. The van der Waals surface area contributed by atoms with Crippen molar-refractivity contribution in [3.05, 3.63) is 29.6 Å². The van der Waals surface area contributed by atoms with E-state index in [9.17, 15) is 83.4 Å². The van der Waals surface area contributed by atoms with E-state index in [0.717, 1.165) is 5.69 Å². The van der Waals surface area contributed by atoms with Gasteiger partial charge in [0, 0.05) is 134 Å². The van der Waals surface area contributed by atoms with Gasteiger partial charge in [0.05, 0.1) is 56.8 Å². The lowest BCUT2D eigenvalue weighted by Crippen LogP contribution is -2.67. The number of hydrogen-bond donors (Lipinski definition) is 15. The lowest BCUT2D eigenvalue weighted by molar-refractivity contribution is -0.142. The van der Waals surface area contributed by atoms with Crippen LogP contribution >= 0.6 is 23.5 Å². The maximum Gasteiger partial charge on any atom is 0.317 e. The molecule has 0 radical (unpaired) electrons. The summed E-state index contributed by atoms with van der Waals surface area (Å²) in [5, 5.41) is 88.0. The number of carbonyl (C=O) groups excluding carboxylic acids is 9. The lowest BCUT2D eigenvalue weighted by atomic mass is 9.85. The molecule has 8 atom stereocenters. The molecule has 3 saturated heterocycles. The molecule has 3 fully saturated rings. The number of carboxylic acid groups (broad SMARTS) is 3. The first-order chi connectivity index (χ1) is 48.4. The number of fused-ring (bicyclic) bond motifs is 2. The molecule has 36 heteroatoms. The number of nitrogens with zero attached hydrogens (tertiary/aromatic N) is 7. The summed E-state index contributed by atoms with van der Waals surface area (Å²) in [7, 11) is 0. The van der Waals surface area contributed by atoms with Crippen LogP contribution < -0.4 is 43.0 Å². The molecule has 574 valence electrons. The summed E-state index contributed by atoms with van der Waals surface area (Å²) < 4.78 is 0. The van der Waals surface area contributed by atoms with Gasteiger partial charge in [-0.1, -0.05) is 40.2 Å². The molecule has 1 spiro atoms. The second kappa shape index (κ2) is 43.5. The molecule has 5 rings (SSSR count). The minimum absolute atomic E-state index is 0.00104. The van der Waals surface area contributed by atoms with E-state index < -0.39 is 119 Å². The summed E-state index contributed by atoms with van der Waals surface area (Å²) in [6.07, 6.45) is -3.02. The summed E-state index contributed by atoms with van der Waals surface area (Å²) >= 11 is 2.82. The van der Waals surface area contributed by atoms with Crippen molar-refractivity contribution in [2.45, 2.75) is 157 Å². The highest BCUT2D eigenvalue weighted by Gasteiger charge is 2.46. The Balaban J connectivity index is 1.30. The minimum atomic E-state index is -1.63. The van der Waals surface area contributed by atoms with E-state index in [2.05, 4.69) is 37.2 Å². The maximum atomic E-state index is 15.1. The monoisotopic (exact) mass is 1480 g/mol. The number of aromatic nitrogens is 1. The SMILES string of the molecule is CC[C@H](C)[C@@H]1NC(=O)[C@H](CC(C)C)NC(=O)C2(CCN(C(=O)CN3CCN(CC(=O)O)CCN(CC(=O)O)CCN(CC(=O)O)CC3)CC2)NC(=O)CCSCc2cccc(n2)CSC[C@@](C=O)(CNC2CCN(CC(=O)N[C@H](CCC(=O)NCC[C@@H](O)[C@H](O)[C@H](O)CO)C(N)=O)CC2)NC1=O. The molecule has 34 nitrogen and oxygen atoms in total. The number of nitrogens with one attached hydrogen (secondary N) is 7. The molecule has 4 aliphatic rings.